The summed E-state index contributed by atoms with van der Waals surface area (Å²) in [4.78, 5) is 27.3. The summed E-state index contributed by atoms with van der Waals surface area (Å²) in [6.07, 6.45) is 2.23. The van der Waals surface area contributed by atoms with Gasteiger partial charge in [0.15, 0.2) is 5.65 Å². The fourth-order valence-electron chi connectivity index (χ4n) is 2.44. The molecule has 8 nitrogen and oxygen atoms in total. The number of carboxylic acids is 1. The van der Waals surface area contributed by atoms with Gasteiger partial charge in [0.1, 0.15) is 11.2 Å². The van der Waals surface area contributed by atoms with Crippen LogP contribution >= 0.6 is 0 Å². The highest BCUT2D eigenvalue weighted by molar-refractivity contribution is 5.94. The summed E-state index contributed by atoms with van der Waals surface area (Å²) in [6, 6.07) is 8.81. The monoisotopic (exact) mass is 354 g/mol. The van der Waals surface area contributed by atoms with Gasteiger partial charge in [-0.15, -0.1) is 0 Å². The number of aromatic carboxylic acids is 1. The molecule has 0 aliphatic heterocycles. The molecule has 26 heavy (non-hydrogen) atoms. The van der Waals surface area contributed by atoms with E-state index in [9.17, 15) is 14.7 Å². The molecule has 0 spiro atoms. The summed E-state index contributed by atoms with van der Waals surface area (Å²) >= 11 is 0. The van der Waals surface area contributed by atoms with Gasteiger partial charge in [-0.1, -0.05) is 12.1 Å². The first kappa shape index (κ1) is 17.4. The number of carbonyl (C=O) groups is 2. The number of benzene rings is 1. The van der Waals surface area contributed by atoms with Crippen molar-refractivity contribution >= 4 is 23.4 Å². The quantitative estimate of drug-likeness (QED) is 0.746. The topological polar surface area (TPSA) is 106 Å². The Morgan fingerprint density at radius 1 is 1.23 bits per heavy atom. The molecule has 0 atom stereocenters. The first-order valence-electron chi connectivity index (χ1n) is 7.91. The highest BCUT2D eigenvalue weighted by Crippen LogP contribution is 2.24. The van der Waals surface area contributed by atoms with Crippen molar-refractivity contribution in [1.82, 2.24) is 14.6 Å². The Balaban J connectivity index is 1.95. The van der Waals surface area contributed by atoms with E-state index in [1.807, 2.05) is 6.07 Å². The number of nitrogens with one attached hydrogen (secondary N) is 1. The van der Waals surface area contributed by atoms with E-state index < -0.39 is 17.7 Å². The number of carboxylic acid groups (broad SMARTS) is 1. The summed E-state index contributed by atoms with van der Waals surface area (Å²) in [5, 5.41) is 16.0. The summed E-state index contributed by atoms with van der Waals surface area (Å²) in [5.74, 6) is -1.09. The predicted molar refractivity (Wildman–Crippen MR) is 95.2 cm³/mol. The second-order valence-electron chi connectivity index (χ2n) is 6.64. The minimum absolute atomic E-state index is 0.0230. The average Bonchev–Trinajstić information content (AvgIpc) is 2.97. The van der Waals surface area contributed by atoms with E-state index in [4.69, 9.17) is 4.74 Å². The van der Waals surface area contributed by atoms with Crippen LogP contribution in [-0.2, 0) is 4.74 Å². The van der Waals surface area contributed by atoms with Gasteiger partial charge < -0.3 is 9.84 Å². The minimum Gasteiger partial charge on any atom is -0.477 e. The Hall–Kier alpha value is -3.42. The van der Waals surface area contributed by atoms with Gasteiger partial charge >= 0.3 is 12.1 Å². The molecule has 1 amide bonds. The number of aromatic nitrogens is 3. The lowest BCUT2D eigenvalue weighted by Crippen LogP contribution is -2.27. The largest absolute Gasteiger partial charge is 0.477 e. The van der Waals surface area contributed by atoms with E-state index in [-0.39, 0.29) is 11.2 Å². The third-order valence-electron chi connectivity index (χ3n) is 3.44. The minimum atomic E-state index is -1.09. The maximum Gasteiger partial charge on any atom is 0.412 e. The van der Waals surface area contributed by atoms with Crippen LogP contribution in [0.3, 0.4) is 0 Å². The molecule has 0 aliphatic rings. The van der Waals surface area contributed by atoms with Gasteiger partial charge in [0.25, 0.3) is 0 Å². The van der Waals surface area contributed by atoms with Crippen LogP contribution in [0.15, 0.2) is 42.7 Å². The number of fused-ring (bicyclic) bond motifs is 1. The van der Waals surface area contributed by atoms with Crippen molar-refractivity contribution in [1.29, 1.82) is 0 Å². The lowest BCUT2D eigenvalue weighted by atomic mass is 10.1. The summed E-state index contributed by atoms with van der Waals surface area (Å²) in [7, 11) is 0. The van der Waals surface area contributed by atoms with E-state index >= 15 is 0 Å². The Morgan fingerprint density at radius 3 is 2.69 bits per heavy atom. The molecule has 3 rings (SSSR count). The van der Waals surface area contributed by atoms with Gasteiger partial charge in [0.05, 0.1) is 11.9 Å². The maximum absolute atomic E-state index is 11.9. The second kappa shape index (κ2) is 6.47. The number of rotatable bonds is 3. The molecule has 2 N–H and O–H groups in total. The summed E-state index contributed by atoms with van der Waals surface area (Å²) in [5.41, 5.74) is 1.62. The van der Waals surface area contributed by atoms with Crippen molar-refractivity contribution in [3.8, 4) is 11.3 Å². The van der Waals surface area contributed by atoms with Gasteiger partial charge in [0.2, 0.25) is 0 Å². The van der Waals surface area contributed by atoms with E-state index in [2.05, 4.69) is 15.4 Å². The van der Waals surface area contributed by atoms with Crippen LogP contribution in [0.5, 0.6) is 0 Å². The number of amides is 1. The molecule has 2 heterocycles. The molecule has 0 saturated heterocycles. The van der Waals surface area contributed by atoms with Gasteiger partial charge in [-0.25, -0.2) is 19.1 Å². The smallest absolute Gasteiger partial charge is 0.412 e. The van der Waals surface area contributed by atoms with Crippen molar-refractivity contribution in [2.45, 2.75) is 26.4 Å². The zero-order chi connectivity index (χ0) is 18.9. The number of carbonyl (C=O) groups excluding carboxylic acids is 1. The Kier molecular flexibility index (Phi) is 4.33. The lowest BCUT2D eigenvalue weighted by Gasteiger charge is -2.19. The Bertz CT molecular complexity index is 988. The van der Waals surface area contributed by atoms with Crippen molar-refractivity contribution in [3.63, 3.8) is 0 Å². The van der Waals surface area contributed by atoms with Crippen LogP contribution in [-0.4, -0.2) is 37.4 Å². The van der Waals surface area contributed by atoms with Crippen LogP contribution in [0, 0.1) is 0 Å². The fourth-order valence-corrected chi connectivity index (χ4v) is 2.44. The van der Waals surface area contributed by atoms with Gasteiger partial charge in [-0.05, 0) is 39.0 Å². The predicted octanol–water partition coefficient (Wildman–Crippen LogP) is 3.44. The van der Waals surface area contributed by atoms with Crippen LogP contribution in [0.25, 0.3) is 16.9 Å². The highest BCUT2D eigenvalue weighted by atomic mass is 16.6. The molecule has 0 bridgehead atoms. The van der Waals surface area contributed by atoms with Crippen LogP contribution < -0.4 is 5.32 Å². The standard InChI is InChI=1S/C18H18N4O4/c1-18(2,3)26-17(25)21-12-6-4-5-11(9-12)14-7-8-19-15-13(16(23)24)10-20-22(14)15/h4-10H,1-3H3,(H,21,25)(H,23,24). The summed E-state index contributed by atoms with van der Waals surface area (Å²) < 4.78 is 6.70. The number of anilines is 1. The van der Waals surface area contributed by atoms with Crippen LogP contribution in [0.2, 0.25) is 0 Å². The van der Waals surface area contributed by atoms with Crippen molar-refractivity contribution < 1.29 is 19.4 Å². The first-order chi connectivity index (χ1) is 12.2. The van der Waals surface area contributed by atoms with E-state index in [0.717, 1.165) is 5.56 Å². The zero-order valence-corrected chi connectivity index (χ0v) is 14.6. The van der Waals surface area contributed by atoms with Crippen LogP contribution in [0.1, 0.15) is 31.1 Å². The second-order valence-corrected chi connectivity index (χ2v) is 6.64. The fraction of sp³-hybridized carbons (Fsp3) is 0.222. The number of nitrogens with zero attached hydrogens (tertiary/aromatic N) is 3. The molecule has 0 radical (unpaired) electrons. The van der Waals surface area contributed by atoms with Gasteiger partial charge in [-0.2, -0.15) is 5.10 Å². The average molecular weight is 354 g/mol. The SMILES string of the molecule is CC(C)(C)OC(=O)Nc1cccc(-c2ccnc3c(C(=O)O)cnn23)c1. The highest BCUT2D eigenvalue weighted by Gasteiger charge is 2.17. The normalized spacial score (nSPS) is 11.3. The van der Waals surface area contributed by atoms with E-state index in [0.29, 0.717) is 11.4 Å². The van der Waals surface area contributed by atoms with Crippen molar-refractivity contribution in [3.05, 3.63) is 48.3 Å². The Morgan fingerprint density at radius 2 is 2.00 bits per heavy atom. The molecular weight excluding hydrogens is 336 g/mol. The third-order valence-corrected chi connectivity index (χ3v) is 3.44. The Labute approximate surface area is 149 Å². The lowest BCUT2D eigenvalue weighted by molar-refractivity contribution is 0.0634. The van der Waals surface area contributed by atoms with Gasteiger partial charge in [0, 0.05) is 17.4 Å². The molecule has 8 heteroatoms. The zero-order valence-electron chi connectivity index (χ0n) is 14.6. The molecule has 0 unspecified atom stereocenters. The van der Waals surface area contributed by atoms with Crippen LogP contribution in [0.4, 0.5) is 10.5 Å². The maximum atomic E-state index is 11.9. The molecule has 3 aromatic rings. The van der Waals surface area contributed by atoms with Gasteiger partial charge in [-0.3, -0.25) is 5.32 Å². The molecule has 2 aromatic heterocycles. The molecule has 0 saturated carbocycles. The molecular formula is C18H18N4O4. The number of ether oxygens (including phenoxy) is 1. The third kappa shape index (κ3) is 3.64. The number of hydrogen-bond donors (Lipinski definition) is 2. The molecule has 0 fully saturated rings. The van der Waals surface area contributed by atoms with E-state index in [1.165, 1.54) is 16.9 Å². The molecule has 0 aliphatic carbocycles. The van der Waals surface area contributed by atoms with E-state index in [1.54, 1.807) is 45.0 Å². The first-order valence-corrected chi connectivity index (χ1v) is 7.91. The molecule has 1 aromatic carbocycles. The van der Waals surface area contributed by atoms with Crippen molar-refractivity contribution in [2.24, 2.45) is 0 Å². The summed E-state index contributed by atoms with van der Waals surface area (Å²) in [6.45, 7) is 5.36. The molecule has 134 valence electrons. The number of hydrogen-bond acceptors (Lipinski definition) is 5. The van der Waals surface area contributed by atoms with Crippen molar-refractivity contribution in [2.75, 3.05) is 5.32 Å².